The van der Waals surface area contributed by atoms with Crippen molar-refractivity contribution < 1.29 is 4.74 Å². The number of piperazine rings is 1. The molecule has 2 N–H and O–H groups in total. The van der Waals surface area contributed by atoms with E-state index < -0.39 is 0 Å². The molecule has 8 aliphatic heterocycles. The third-order valence-corrected chi connectivity index (χ3v) is 16.0. The lowest BCUT2D eigenvalue weighted by molar-refractivity contribution is 0.0238. The summed E-state index contributed by atoms with van der Waals surface area (Å²) in [7, 11) is 2.19. The monoisotopic (exact) mass is 1310 g/mol. The Bertz CT molecular complexity index is 1080. The molecule has 8 aliphatic rings. The van der Waals surface area contributed by atoms with E-state index in [9.17, 15) is 0 Å². The van der Waals surface area contributed by atoms with E-state index in [4.69, 9.17) is 10.5 Å². The SMILES string of the molecule is CC.CC.CC.CC.CC.CC.CC.CC.CC.CC(C)N.CC(C)N1CC1.CC(C)N1CCC1.CC(C)N1CCCC1.CC(C)N1CCCCC1.CC(C)N1CCCCCC1.CC(C)N1CCN(C)CC1.CC(C)N1CCOCC1.CC(C)N1CCSCC1. The molecule has 8 rings (SSSR count). The fourth-order valence-corrected chi connectivity index (χ4v) is 10.2. The number of likely N-dealkylation sites (tertiary alicyclic amines) is 4. The summed E-state index contributed by atoms with van der Waals surface area (Å²) >= 11 is 2.07. The smallest absolute Gasteiger partial charge is 0.0594 e. The fourth-order valence-electron chi connectivity index (χ4n) is 9.26. The molecular weight excluding hydrogens is 1120 g/mol. The number of hydrogen-bond acceptors (Lipinski definition) is 12. The van der Waals surface area contributed by atoms with Crippen molar-refractivity contribution >= 4 is 11.8 Å². The molecule has 0 atom stereocenters. The number of likely N-dealkylation sites (N-methyl/N-ethyl adjacent to an activating group) is 1. The Hall–Kier alpha value is -0.0900. The Morgan fingerprint density at radius 2 is 0.400 bits per heavy atom. The minimum Gasteiger partial charge on any atom is -0.379 e. The lowest BCUT2D eigenvalue weighted by Crippen LogP contribution is -2.47. The first kappa shape index (κ1) is 111. The third kappa shape index (κ3) is 80.3. The van der Waals surface area contributed by atoms with Crippen LogP contribution in [0.15, 0.2) is 0 Å². The summed E-state index contributed by atoms with van der Waals surface area (Å²) in [5.74, 6) is 2.66. The van der Waals surface area contributed by atoms with E-state index in [1.54, 1.807) is 0 Å². The van der Waals surface area contributed by atoms with Crippen LogP contribution >= 0.6 is 11.8 Å². The number of piperidine rings is 1. The van der Waals surface area contributed by atoms with Gasteiger partial charge in [0.1, 0.15) is 0 Å². The van der Waals surface area contributed by atoms with Gasteiger partial charge in [-0.3, -0.25) is 19.6 Å². The van der Waals surface area contributed by atoms with Crippen molar-refractivity contribution in [2.24, 2.45) is 5.73 Å². The van der Waals surface area contributed by atoms with Crippen LogP contribution in [0.3, 0.4) is 0 Å². The van der Waals surface area contributed by atoms with Crippen LogP contribution < -0.4 is 5.73 Å². The highest BCUT2D eigenvalue weighted by molar-refractivity contribution is 7.99. The predicted molar refractivity (Wildman–Crippen MR) is 427 cm³/mol. The lowest BCUT2D eigenvalue weighted by Gasteiger charge is -2.34. The molecule has 560 valence electrons. The van der Waals surface area contributed by atoms with Crippen LogP contribution in [0.4, 0.5) is 0 Å². The molecule has 0 amide bonds. The Morgan fingerprint density at radius 3 is 0.578 bits per heavy atom. The quantitative estimate of drug-likeness (QED) is 0.236. The third-order valence-electron chi connectivity index (χ3n) is 15.0. The largest absolute Gasteiger partial charge is 0.379 e. The second-order valence-corrected chi connectivity index (χ2v) is 25.6. The highest BCUT2D eigenvalue weighted by Crippen LogP contribution is 2.14. The van der Waals surface area contributed by atoms with Crippen LogP contribution in [0.1, 0.15) is 313 Å². The van der Waals surface area contributed by atoms with Gasteiger partial charge in [0.25, 0.3) is 0 Å². The zero-order chi connectivity index (χ0) is 72.4. The second kappa shape index (κ2) is 88.9. The van der Waals surface area contributed by atoms with Gasteiger partial charge in [0.2, 0.25) is 0 Å². The molecule has 8 fully saturated rings. The van der Waals surface area contributed by atoms with E-state index >= 15 is 0 Å². The molecule has 0 aromatic rings. The van der Waals surface area contributed by atoms with Crippen LogP contribution in [0.25, 0.3) is 0 Å². The number of morpholine rings is 1. The van der Waals surface area contributed by atoms with Gasteiger partial charge in [-0.25, -0.2) is 0 Å². The Morgan fingerprint density at radius 1 is 0.233 bits per heavy atom. The first-order valence-corrected chi connectivity index (χ1v) is 40.7. The van der Waals surface area contributed by atoms with E-state index in [2.05, 4.69) is 174 Å². The molecular formula is C78H186N10OS. The maximum Gasteiger partial charge on any atom is 0.0594 e. The number of hydrogen-bond donors (Lipinski definition) is 1. The summed E-state index contributed by atoms with van der Waals surface area (Å²) in [4.78, 5) is 22.5. The first-order chi connectivity index (χ1) is 43.1. The minimum absolute atomic E-state index is 0.333. The van der Waals surface area contributed by atoms with E-state index in [1.807, 2.05) is 138 Å². The van der Waals surface area contributed by atoms with Gasteiger partial charge in [-0.05, 0) is 221 Å². The highest BCUT2D eigenvalue weighted by Gasteiger charge is 2.20. The highest BCUT2D eigenvalue weighted by atomic mass is 32.2. The van der Waals surface area contributed by atoms with E-state index in [0.29, 0.717) is 12.1 Å². The Kier molecular flexibility index (Phi) is 110. The zero-order valence-electron chi connectivity index (χ0n) is 70.2. The van der Waals surface area contributed by atoms with Gasteiger partial charge >= 0.3 is 0 Å². The summed E-state index contributed by atoms with van der Waals surface area (Å²) < 4.78 is 5.21. The maximum atomic E-state index is 5.21. The van der Waals surface area contributed by atoms with Crippen molar-refractivity contribution in [1.82, 2.24) is 44.1 Å². The van der Waals surface area contributed by atoms with Gasteiger partial charge in [-0.2, -0.15) is 11.8 Å². The standard InChI is InChI=1S/C9H19N.C8H18N2.C8H17N.C7H15NO.C7H15NS.C7H15N.C6H13N.C5H11N.C3H9N.9C2H6/c1-9(2)10-7-5-3-4-6-8-10;1-8(2)10-6-4-9(3)5-7-10;1-8(2)9-6-4-3-5-7-9;2*1-7(2)8-3-5-9-6-4-8;1-7(2)8-5-3-4-6-8;1-6(2)7-4-3-5-7;1-5(2)6-3-4-6;1-3(2)4;9*1-2/h9H,3-8H2,1-2H3;8H,4-7H2,1-3H3;8H,3-7H2,1-2H3;2*7H,3-6H2,1-2H3;7H,3-6H2,1-2H3;6H,3-5H2,1-2H3;5H,3-4H2,1-2H3;3H,4H2,1-2H3;9*1-2H3. The molecule has 11 nitrogen and oxygen atoms in total. The summed E-state index contributed by atoms with van der Waals surface area (Å²) in [5, 5.41) is 0. The Labute approximate surface area is 580 Å². The molecule has 8 saturated heterocycles. The van der Waals surface area contributed by atoms with Gasteiger partial charge in [0, 0.05) is 125 Å². The summed E-state index contributed by atoms with van der Waals surface area (Å²) in [6.45, 7) is 101. The van der Waals surface area contributed by atoms with Gasteiger partial charge in [0.15, 0.2) is 0 Å². The average Bonchev–Trinajstić information content (AvgIpc) is 4.51. The predicted octanol–water partition coefficient (Wildman–Crippen LogP) is 19.9. The molecule has 8 heterocycles. The molecule has 0 bridgehead atoms. The molecule has 0 aliphatic carbocycles. The maximum absolute atomic E-state index is 5.21. The fraction of sp³-hybridized carbons (Fsp3) is 1.00. The number of nitrogens with two attached hydrogens (primary N) is 1. The minimum atomic E-state index is 0.333. The van der Waals surface area contributed by atoms with Crippen molar-refractivity contribution in [3.63, 3.8) is 0 Å². The number of ether oxygens (including phenoxy) is 1. The summed E-state index contributed by atoms with van der Waals surface area (Å²) in [6.07, 6.45) is 14.2. The van der Waals surface area contributed by atoms with Crippen LogP contribution in [0.2, 0.25) is 0 Å². The summed E-state index contributed by atoms with van der Waals surface area (Å²) in [6, 6.07) is 6.40. The van der Waals surface area contributed by atoms with Gasteiger partial charge < -0.3 is 35.0 Å². The number of rotatable bonds is 8. The zero-order valence-corrected chi connectivity index (χ0v) is 71.1. The second-order valence-electron chi connectivity index (χ2n) is 24.3. The van der Waals surface area contributed by atoms with E-state index in [-0.39, 0.29) is 0 Å². The molecule has 0 radical (unpaired) electrons. The van der Waals surface area contributed by atoms with Crippen LogP contribution in [0.5, 0.6) is 0 Å². The van der Waals surface area contributed by atoms with Crippen LogP contribution in [-0.4, -0.2) is 248 Å². The molecule has 0 aromatic heterocycles. The molecule has 90 heavy (non-hydrogen) atoms. The van der Waals surface area contributed by atoms with Gasteiger partial charge in [-0.15, -0.1) is 0 Å². The van der Waals surface area contributed by atoms with Crippen molar-refractivity contribution in [3.8, 4) is 0 Å². The molecule has 0 aromatic carbocycles. The van der Waals surface area contributed by atoms with Crippen LogP contribution in [-0.2, 0) is 4.74 Å². The molecule has 0 spiro atoms. The number of nitrogens with zero attached hydrogens (tertiary/aromatic N) is 9. The summed E-state index contributed by atoms with van der Waals surface area (Å²) in [5.41, 5.74) is 5.11. The lowest BCUT2D eigenvalue weighted by atomic mass is 10.1. The Balaban J connectivity index is -0.0000000974. The van der Waals surface area contributed by atoms with Crippen molar-refractivity contribution in [3.05, 3.63) is 0 Å². The molecule has 0 saturated carbocycles. The molecule has 12 heteroatoms. The van der Waals surface area contributed by atoms with E-state index in [0.717, 1.165) is 68.6 Å². The van der Waals surface area contributed by atoms with Crippen molar-refractivity contribution in [1.29, 1.82) is 0 Å². The first-order valence-electron chi connectivity index (χ1n) is 39.6. The molecule has 0 unspecified atom stereocenters. The normalized spacial score (nSPS) is 18.4. The van der Waals surface area contributed by atoms with Crippen LogP contribution in [0, 0.1) is 0 Å². The van der Waals surface area contributed by atoms with E-state index in [1.165, 1.54) is 180 Å². The average molecular weight is 1310 g/mol. The van der Waals surface area contributed by atoms with Crippen molar-refractivity contribution in [2.75, 3.05) is 150 Å². The van der Waals surface area contributed by atoms with Crippen molar-refractivity contribution in [2.45, 2.75) is 368 Å². The van der Waals surface area contributed by atoms with Gasteiger partial charge in [-0.1, -0.05) is 158 Å². The number of thioether (sulfide) groups is 1. The van der Waals surface area contributed by atoms with Gasteiger partial charge in [0.05, 0.1) is 13.2 Å². The topological polar surface area (TPSA) is 64.2 Å².